The van der Waals surface area contributed by atoms with Crippen molar-refractivity contribution < 1.29 is 0 Å². The number of nitrogens with one attached hydrogen (secondary N) is 1. The van der Waals surface area contributed by atoms with Gasteiger partial charge in [0.1, 0.15) is 0 Å². The van der Waals surface area contributed by atoms with Crippen LogP contribution in [0.5, 0.6) is 0 Å². The highest BCUT2D eigenvalue weighted by molar-refractivity contribution is 5.46. The summed E-state index contributed by atoms with van der Waals surface area (Å²) in [5.74, 6) is 0.722. The molecule has 2 heteroatoms. The van der Waals surface area contributed by atoms with E-state index in [0.717, 1.165) is 5.92 Å². The highest BCUT2D eigenvalue weighted by atomic mass is 15.1. The molecule has 0 radical (unpaired) electrons. The highest BCUT2D eigenvalue weighted by Crippen LogP contribution is 2.20. The van der Waals surface area contributed by atoms with Gasteiger partial charge >= 0.3 is 0 Å². The number of hydrogen-bond acceptors (Lipinski definition) is 2. The van der Waals surface area contributed by atoms with Gasteiger partial charge in [0.25, 0.3) is 0 Å². The minimum atomic E-state index is 0.623. The standard InChI is InChI=1S/C14H22N2/c1-11-5-4-6-13(9-11)15-14-7-8-16(3)10-12(14)2/h4-6,9,12,14-15H,7-8,10H2,1-3H3. The van der Waals surface area contributed by atoms with Crippen molar-refractivity contribution in [2.24, 2.45) is 5.92 Å². The first-order valence-electron chi connectivity index (χ1n) is 6.17. The van der Waals surface area contributed by atoms with Crippen molar-refractivity contribution in [1.82, 2.24) is 4.90 Å². The average Bonchev–Trinajstić information content (AvgIpc) is 2.22. The summed E-state index contributed by atoms with van der Waals surface area (Å²) in [5.41, 5.74) is 2.59. The Kier molecular flexibility index (Phi) is 3.49. The van der Waals surface area contributed by atoms with Crippen LogP contribution in [0.3, 0.4) is 0 Å². The van der Waals surface area contributed by atoms with Crippen molar-refractivity contribution in [1.29, 1.82) is 0 Å². The van der Waals surface area contributed by atoms with E-state index < -0.39 is 0 Å². The van der Waals surface area contributed by atoms with Crippen molar-refractivity contribution in [3.8, 4) is 0 Å². The fourth-order valence-electron chi connectivity index (χ4n) is 2.52. The quantitative estimate of drug-likeness (QED) is 0.821. The molecule has 2 atom stereocenters. The van der Waals surface area contributed by atoms with Crippen molar-refractivity contribution in [2.45, 2.75) is 26.3 Å². The zero-order valence-electron chi connectivity index (χ0n) is 10.5. The number of likely N-dealkylation sites (tertiary alicyclic amines) is 1. The maximum atomic E-state index is 3.67. The minimum Gasteiger partial charge on any atom is -0.382 e. The Morgan fingerprint density at radius 2 is 2.19 bits per heavy atom. The maximum absolute atomic E-state index is 3.67. The predicted octanol–water partition coefficient (Wildman–Crippen LogP) is 2.75. The fourth-order valence-corrected chi connectivity index (χ4v) is 2.52. The second-order valence-corrected chi connectivity index (χ2v) is 5.15. The first-order chi connectivity index (χ1) is 7.65. The van der Waals surface area contributed by atoms with Crippen LogP contribution in [-0.2, 0) is 0 Å². The van der Waals surface area contributed by atoms with Crippen LogP contribution in [0, 0.1) is 12.8 Å². The van der Waals surface area contributed by atoms with Gasteiger partial charge in [-0.3, -0.25) is 0 Å². The lowest BCUT2D eigenvalue weighted by Gasteiger charge is -2.35. The lowest BCUT2D eigenvalue weighted by Crippen LogP contribution is -2.43. The smallest absolute Gasteiger partial charge is 0.0345 e. The zero-order chi connectivity index (χ0) is 11.5. The molecule has 1 aliphatic rings. The molecule has 16 heavy (non-hydrogen) atoms. The molecule has 0 saturated carbocycles. The maximum Gasteiger partial charge on any atom is 0.0345 e. The summed E-state index contributed by atoms with van der Waals surface area (Å²) in [6.07, 6.45) is 1.24. The molecule has 2 unspecified atom stereocenters. The van der Waals surface area contributed by atoms with Gasteiger partial charge in [0.15, 0.2) is 0 Å². The van der Waals surface area contributed by atoms with E-state index in [4.69, 9.17) is 0 Å². The molecule has 1 aliphatic heterocycles. The first-order valence-corrected chi connectivity index (χ1v) is 6.17. The van der Waals surface area contributed by atoms with E-state index >= 15 is 0 Å². The average molecular weight is 218 g/mol. The van der Waals surface area contributed by atoms with Crippen LogP contribution in [-0.4, -0.2) is 31.1 Å². The molecule has 1 fully saturated rings. The molecule has 1 N–H and O–H groups in total. The molecule has 0 amide bonds. The summed E-state index contributed by atoms with van der Waals surface area (Å²) in [6, 6.07) is 9.28. The molecular formula is C14H22N2. The molecule has 0 spiro atoms. The van der Waals surface area contributed by atoms with Gasteiger partial charge in [-0.1, -0.05) is 19.1 Å². The van der Waals surface area contributed by atoms with Crippen molar-refractivity contribution in [3.63, 3.8) is 0 Å². The second-order valence-electron chi connectivity index (χ2n) is 5.15. The van der Waals surface area contributed by atoms with Gasteiger partial charge < -0.3 is 10.2 Å². The molecule has 88 valence electrons. The molecule has 0 aliphatic carbocycles. The zero-order valence-corrected chi connectivity index (χ0v) is 10.5. The Balaban J connectivity index is 1.99. The molecule has 2 nitrogen and oxygen atoms in total. The molecule has 1 aromatic carbocycles. The van der Waals surface area contributed by atoms with Gasteiger partial charge in [-0.2, -0.15) is 0 Å². The molecule has 1 heterocycles. The Morgan fingerprint density at radius 3 is 2.88 bits per heavy atom. The van der Waals surface area contributed by atoms with Gasteiger partial charge in [-0.25, -0.2) is 0 Å². The SMILES string of the molecule is Cc1cccc(NC2CCN(C)CC2C)c1. The minimum absolute atomic E-state index is 0.623. The second kappa shape index (κ2) is 4.88. The third-order valence-electron chi connectivity index (χ3n) is 3.48. The van der Waals surface area contributed by atoms with Crippen LogP contribution >= 0.6 is 0 Å². The lowest BCUT2D eigenvalue weighted by atomic mass is 9.94. The summed E-state index contributed by atoms with van der Waals surface area (Å²) < 4.78 is 0. The first kappa shape index (κ1) is 11.5. The molecule has 1 aromatic rings. The van der Waals surface area contributed by atoms with E-state index in [1.165, 1.54) is 30.8 Å². The monoisotopic (exact) mass is 218 g/mol. The van der Waals surface area contributed by atoms with Crippen molar-refractivity contribution in [3.05, 3.63) is 29.8 Å². The summed E-state index contributed by atoms with van der Waals surface area (Å²) in [6.45, 7) is 6.88. The number of aryl methyl sites for hydroxylation is 1. The third-order valence-corrected chi connectivity index (χ3v) is 3.48. The number of hydrogen-bond donors (Lipinski definition) is 1. The van der Waals surface area contributed by atoms with E-state index in [2.05, 4.69) is 55.4 Å². The molecule has 2 rings (SSSR count). The largest absolute Gasteiger partial charge is 0.382 e. The fraction of sp³-hybridized carbons (Fsp3) is 0.571. The number of piperidine rings is 1. The number of nitrogens with zero attached hydrogens (tertiary/aromatic N) is 1. The van der Waals surface area contributed by atoms with Crippen LogP contribution in [0.25, 0.3) is 0 Å². The van der Waals surface area contributed by atoms with Gasteiger partial charge in [-0.15, -0.1) is 0 Å². The van der Waals surface area contributed by atoms with Gasteiger partial charge in [0, 0.05) is 18.3 Å². The lowest BCUT2D eigenvalue weighted by molar-refractivity contribution is 0.206. The van der Waals surface area contributed by atoms with E-state index in [1.807, 2.05) is 0 Å². The highest BCUT2D eigenvalue weighted by Gasteiger charge is 2.23. The topological polar surface area (TPSA) is 15.3 Å². The van der Waals surface area contributed by atoms with E-state index in [0.29, 0.717) is 6.04 Å². The van der Waals surface area contributed by atoms with E-state index in [-0.39, 0.29) is 0 Å². The summed E-state index contributed by atoms with van der Waals surface area (Å²) >= 11 is 0. The summed E-state index contributed by atoms with van der Waals surface area (Å²) in [7, 11) is 2.21. The Hall–Kier alpha value is -1.02. The van der Waals surface area contributed by atoms with Crippen LogP contribution in [0.1, 0.15) is 18.9 Å². The van der Waals surface area contributed by atoms with Crippen LogP contribution < -0.4 is 5.32 Å². The predicted molar refractivity (Wildman–Crippen MR) is 69.9 cm³/mol. The number of anilines is 1. The van der Waals surface area contributed by atoms with E-state index in [9.17, 15) is 0 Å². The van der Waals surface area contributed by atoms with Crippen LogP contribution in [0.4, 0.5) is 5.69 Å². The van der Waals surface area contributed by atoms with Crippen LogP contribution in [0.2, 0.25) is 0 Å². The molecule has 0 aromatic heterocycles. The Morgan fingerprint density at radius 1 is 1.38 bits per heavy atom. The van der Waals surface area contributed by atoms with Gasteiger partial charge in [-0.05, 0) is 50.6 Å². The third kappa shape index (κ3) is 2.76. The van der Waals surface area contributed by atoms with E-state index in [1.54, 1.807) is 0 Å². The van der Waals surface area contributed by atoms with Gasteiger partial charge in [0.05, 0.1) is 0 Å². The van der Waals surface area contributed by atoms with Crippen molar-refractivity contribution in [2.75, 3.05) is 25.5 Å². The summed E-state index contributed by atoms with van der Waals surface area (Å²) in [4.78, 5) is 2.42. The van der Waals surface area contributed by atoms with Gasteiger partial charge in [0.2, 0.25) is 0 Å². The normalized spacial score (nSPS) is 26.7. The molecule has 0 bridgehead atoms. The Bertz CT molecular complexity index is 348. The van der Waals surface area contributed by atoms with Crippen LogP contribution in [0.15, 0.2) is 24.3 Å². The Labute approximate surface area is 98.7 Å². The number of benzene rings is 1. The summed E-state index contributed by atoms with van der Waals surface area (Å²) in [5, 5.41) is 3.67. The van der Waals surface area contributed by atoms with Crippen molar-refractivity contribution >= 4 is 5.69 Å². The molecular weight excluding hydrogens is 196 g/mol. The number of rotatable bonds is 2. The molecule has 1 saturated heterocycles.